The molecule has 142 valence electrons. The first kappa shape index (κ1) is 19.8. The molecule has 0 heterocycles. The third-order valence-electron chi connectivity index (χ3n) is 4.57. The quantitative estimate of drug-likeness (QED) is 0.311. The van der Waals surface area contributed by atoms with Crippen LogP contribution in [0.2, 0.25) is 0 Å². The van der Waals surface area contributed by atoms with Gasteiger partial charge in [-0.1, -0.05) is 80.6 Å². The number of hydrazone groups is 1. The van der Waals surface area contributed by atoms with Gasteiger partial charge in [-0.15, -0.1) is 0 Å². The van der Waals surface area contributed by atoms with Gasteiger partial charge in [0.05, 0.1) is 5.71 Å². The Morgan fingerprint density at radius 1 is 0.821 bits per heavy atom. The predicted octanol–water partition coefficient (Wildman–Crippen LogP) is 6.19. The molecular weight excluding hydrogens is 362 g/mol. The van der Waals surface area contributed by atoms with Crippen LogP contribution in [-0.4, -0.2) is 10.8 Å². The second-order valence-corrected chi connectivity index (χ2v) is 7.39. The monoisotopic (exact) mass is 387 g/mol. The summed E-state index contributed by atoms with van der Waals surface area (Å²) in [5.41, 5.74) is 9.49. The second-order valence-electron chi connectivity index (χ2n) is 6.98. The number of thiocarbonyl (C=S) groups is 1. The van der Waals surface area contributed by atoms with Crippen LogP contribution < -0.4 is 10.7 Å². The molecule has 0 fully saturated rings. The van der Waals surface area contributed by atoms with Gasteiger partial charge in [0.25, 0.3) is 0 Å². The molecule has 0 unspecified atom stereocenters. The number of nitrogens with zero attached hydrogens (tertiary/aromatic N) is 1. The largest absolute Gasteiger partial charge is 0.331 e. The molecule has 0 atom stereocenters. The summed E-state index contributed by atoms with van der Waals surface area (Å²) in [6, 6.07) is 27.0. The third kappa shape index (κ3) is 5.27. The molecule has 4 heteroatoms. The Balaban J connectivity index is 1.59. The fraction of sp³-hybridized carbons (Fsp3) is 0.167. The van der Waals surface area contributed by atoms with Crippen molar-refractivity contribution in [2.75, 3.05) is 5.32 Å². The van der Waals surface area contributed by atoms with Crippen LogP contribution in [0.4, 0.5) is 5.69 Å². The number of rotatable bonds is 5. The topological polar surface area (TPSA) is 36.4 Å². The molecule has 0 aliphatic carbocycles. The Hall–Kier alpha value is -2.98. The van der Waals surface area contributed by atoms with E-state index in [1.54, 1.807) is 0 Å². The van der Waals surface area contributed by atoms with Crippen molar-refractivity contribution in [3.8, 4) is 11.1 Å². The fourth-order valence-electron chi connectivity index (χ4n) is 2.84. The van der Waals surface area contributed by atoms with E-state index in [4.69, 9.17) is 12.2 Å². The highest BCUT2D eigenvalue weighted by Crippen LogP contribution is 2.19. The number of anilines is 1. The van der Waals surface area contributed by atoms with E-state index in [9.17, 15) is 0 Å². The highest BCUT2D eigenvalue weighted by atomic mass is 32.1. The van der Waals surface area contributed by atoms with Gasteiger partial charge in [0, 0.05) is 5.69 Å². The zero-order valence-electron chi connectivity index (χ0n) is 16.4. The lowest BCUT2D eigenvalue weighted by Crippen LogP contribution is -2.24. The molecule has 28 heavy (non-hydrogen) atoms. The molecule has 0 aliphatic heterocycles. The molecule has 0 saturated carbocycles. The van der Waals surface area contributed by atoms with Gasteiger partial charge >= 0.3 is 0 Å². The van der Waals surface area contributed by atoms with Crippen molar-refractivity contribution in [3.05, 3.63) is 90.0 Å². The highest BCUT2D eigenvalue weighted by Gasteiger charge is 2.02. The van der Waals surface area contributed by atoms with Gasteiger partial charge in [-0.05, 0) is 59.4 Å². The summed E-state index contributed by atoms with van der Waals surface area (Å²) in [7, 11) is 0. The molecule has 3 nitrogen and oxygen atoms in total. The molecule has 0 radical (unpaired) electrons. The van der Waals surface area contributed by atoms with Gasteiger partial charge in [0.15, 0.2) is 5.11 Å². The first-order chi connectivity index (χ1) is 13.5. The summed E-state index contributed by atoms with van der Waals surface area (Å²) in [5, 5.41) is 8.03. The summed E-state index contributed by atoms with van der Waals surface area (Å²) in [4.78, 5) is 0. The Bertz CT molecular complexity index is 943. The van der Waals surface area contributed by atoms with Crippen LogP contribution in [0.3, 0.4) is 0 Å². The standard InChI is InChI=1S/C24H25N3S/c1-17(2)19-13-15-23(16-14-19)25-24(28)27-26-18(3)20-9-11-22(12-10-20)21-7-5-4-6-8-21/h4-17H,1-3H3,(H2,25,27,28). The van der Waals surface area contributed by atoms with Crippen LogP contribution in [0.15, 0.2) is 84.0 Å². The van der Waals surface area contributed by atoms with Crippen LogP contribution in [0, 0.1) is 0 Å². The van der Waals surface area contributed by atoms with E-state index in [2.05, 4.69) is 78.2 Å². The lowest BCUT2D eigenvalue weighted by Gasteiger charge is -2.10. The maximum Gasteiger partial charge on any atom is 0.191 e. The summed E-state index contributed by atoms with van der Waals surface area (Å²) in [5.74, 6) is 0.514. The van der Waals surface area contributed by atoms with E-state index in [1.807, 2.05) is 37.3 Å². The van der Waals surface area contributed by atoms with Crippen molar-refractivity contribution in [2.24, 2.45) is 5.10 Å². The minimum absolute atomic E-state index is 0.470. The Labute approximate surface area is 172 Å². The van der Waals surface area contributed by atoms with E-state index in [1.165, 1.54) is 16.7 Å². The van der Waals surface area contributed by atoms with E-state index in [-0.39, 0.29) is 0 Å². The van der Waals surface area contributed by atoms with Crippen LogP contribution >= 0.6 is 12.2 Å². The van der Waals surface area contributed by atoms with E-state index >= 15 is 0 Å². The summed E-state index contributed by atoms with van der Waals surface area (Å²) in [6.07, 6.45) is 0. The van der Waals surface area contributed by atoms with Gasteiger partial charge in [-0.2, -0.15) is 5.10 Å². The van der Waals surface area contributed by atoms with E-state index < -0.39 is 0 Å². The highest BCUT2D eigenvalue weighted by molar-refractivity contribution is 7.80. The van der Waals surface area contributed by atoms with Crippen molar-refractivity contribution in [3.63, 3.8) is 0 Å². The third-order valence-corrected chi connectivity index (χ3v) is 4.76. The van der Waals surface area contributed by atoms with Crippen molar-refractivity contribution in [1.82, 2.24) is 5.43 Å². The lowest BCUT2D eigenvalue weighted by molar-refractivity contribution is 0.867. The lowest BCUT2D eigenvalue weighted by atomic mass is 10.0. The molecule has 3 aromatic rings. The van der Waals surface area contributed by atoms with Crippen LogP contribution in [0.25, 0.3) is 11.1 Å². The van der Waals surface area contributed by atoms with Gasteiger partial charge in [-0.25, -0.2) is 0 Å². The molecule has 0 bridgehead atoms. The zero-order valence-corrected chi connectivity index (χ0v) is 17.3. The molecular formula is C24H25N3S. The van der Waals surface area contributed by atoms with Gasteiger partial charge < -0.3 is 5.32 Å². The summed E-state index contributed by atoms with van der Waals surface area (Å²) < 4.78 is 0. The SMILES string of the molecule is CC(=NNC(=S)Nc1ccc(C(C)C)cc1)c1ccc(-c2ccccc2)cc1. The maximum atomic E-state index is 5.34. The van der Waals surface area contributed by atoms with Crippen molar-refractivity contribution in [2.45, 2.75) is 26.7 Å². The van der Waals surface area contributed by atoms with E-state index in [0.717, 1.165) is 17.0 Å². The first-order valence-corrected chi connectivity index (χ1v) is 9.81. The Kier molecular flexibility index (Phi) is 6.56. The molecule has 2 N–H and O–H groups in total. The summed E-state index contributed by atoms with van der Waals surface area (Å²) >= 11 is 5.34. The van der Waals surface area contributed by atoms with Crippen molar-refractivity contribution >= 4 is 28.7 Å². The summed E-state index contributed by atoms with van der Waals surface area (Å²) in [6.45, 7) is 6.32. The normalized spacial score (nSPS) is 11.4. The smallest absolute Gasteiger partial charge is 0.191 e. The van der Waals surface area contributed by atoms with Gasteiger partial charge in [-0.3, -0.25) is 5.43 Å². The van der Waals surface area contributed by atoms with Crippen molar-refractivity contribution in [1.29, 1.82) is 0 Å². The van der Waals surface area contributed by atoms with Crippen LogP contribution in [0.5, 0.6) is 0 Å². The Morgan fingerprint density at radius 3 is 2.04 bits per heavy atom. The predicted molar refractivity (Wildman–Crippen MR) is 124 cm³/mol. The Morgan fingerprint density at radius 2 is 1.43 bits per heavy atom. The van der Waals surface area contributed by atoms with Crippen LogP contribution in [-0.2, 0) is 0 Å². The zero-order chi connectivity index (χ0) is 19.9. The average Bonchev–Trinajstić information content (AvgIpc) is 2.73. The maximum absolute atomic E-state index is 5.34. The molecule has 0 aliphatic rings. The molecule has 0 spiro atoms. The van der Waals surface area contributed by atoms with Gasteiger partial charge in [0.1, 0.15) is 0 Å². The van der Waals surface area contributed by atoms with E-state index in [0.29, 0.717) is 11.0 Å². The fourth-order valence-corrected chi connectivity index (χ4v) is 3.01. The minimum atomic E-state index is 0.470. The van der Waals surface area contributed by atoms with Crippen LogP contribution in [0.1, 0.15) is 37.8 Å². The average molecular weight is 388 g/mol. The number of benzene rings is 3. The molecule has 0 amide bonds. The van der Waals surface area contributed by atoms with Crippen molar-refractivity contribution < 1.29 is 0 Å². The molecule has 0 saturated heterocycles. The number of hydrogen-bond acceptors (Lipinski definition) is 2. The second kappa shape index (κ2) is 9.29. The molecule has 3 rings (SSSR count). The molecule has 0 aromatic heterocycles. The first-order valence-electron chi connectivity index (χ1n) is 9.40. The molecule has 3 aromatic carbocycles. The number of hydrogen-bond donors (Lipinski definition) is 2. The van der Waals surface area contributed by atoms with Gasteiger partial charge in [0.2, 0.25) is 0 Å². The minimum Gasteiger partial charge on any atom is -0.331 e. The number of nitrogens with one attached hydrogen (secondary N) is 2.